The van der Waals surface area contributed by atoms with E-state index in [1.54, 1.807) is 12.1 Å². The van der Waals surface area contributed by atoms with E-state index in [1.807, 2.05) is 13.8 Å². The fourth-order valence-electron chi connectivity index (χ4n) is 12.7. The predicted molar refractivity (Wildman–Crippen MR) is 180 cm³/mol. The van der Waals surface area contributed by atoms with Crippen molar-refractivity contribution in [2.45, 2.75) is 115 Å². The molecule has 8 aliphatic carbocycles. The van der Waals surface area contributed by atoms with Gasteiger partial charge in [-0.1, -0.05) is 0 Å². The third kappa shape index (κ3) is 5.59. The lowest BCUT2D eigenvalue weighted by atomic mass is 9.47. The van der Waals surface area contributed by atoms with Crippen molar-refractivity contribution in [1.82, 2.24) is 0 Å². The average molecular weight is 657 g/mol. The molecule has 9 nitrogen and oxygen atoms in total. The summed E-state index contributed by atoms with van der Waals surface area (Å²) in [6, 6.07) is 7.55. The summed E-state index contributed by atoms with van der Waals surface area (Å²) in [5.74, 6) is 4.44. The van der Waals surface area contributed by atoms with Crippen LogP contribution in [0.5, 0.6) is 0 Å². The summed E-state index contributed by atoms with van der Waals surface area (Å²) in [6.45, 7) is 3.81. The lowest BCUT2D eigenvalue weighted by Crippen LogP contribution is -2.49. The van der Waals surface area contributed by atoms with Crippen molar-refractivity contribution in [3.05, 3.63) is 77.9 Å². The maximum atomic E-state index is 12.8. The number of hydrogen-bond acceptors (Lipinski definition) is 7. The predicted octanol–water partition coefficient (Wildman–Crippen LogP) is 8.99. The Labute approximate surface area is 282 Å². The van der Waals surface area contributed by atoms with Crippen LogP contribution in [0.2, 0.25) is 0 Å². The standard InChI is InChI=1S/C39H48N2O7/c1-23-7-33(38-17-25-9-26(18-38)11-27(10-25)19-38)31(15-35(23)40(43)44)3-5-47-37(42)48-6-4-32-16-36(41(45)46)24(2)8-34(32)39-20-28-12-29(21-39)14-30(13-28)22-39/h7-8,15-16,25-30H,3-6,9-14,17-22H2,1-2H3. The first-order chi connectivity index (χ1) is 23.0. The zero-order valence-electron chi connectivity index (χ0n) is 28.3. The highest BCUT2D eigenvalue weighted by molar-refractivity contribution is 5.60. The Balaban J connectivity index is 0.948. The highest BCUT2D eigenvalue weighted by Gasteiger charge is 2.53. The molecule has 2 aromatic rings. The number of nitro groups is 2. The monoisotopic (exact) mass is 656 g/mol. The van der Waals surface area contributed by atoms with Crippen molar-refractivity contribution in [1.29, 1.82) is 0 Å². The summed E-state index contributed by atoms with van der Waals surface area (Å²) in [4.78, 5) is 36.0. The number of benzene rings is 2. The number of rotatable bonds is 10. The topological polar surface area (TPSA) is 122 Å². The second-order valence-corrected chi connectivity index (χ2v) is 16.9. The van der Waals surface area contributed by atoms with Crippen LogP contribution in [0.4, 0.5) is 16.2 Å². The Morgan fingerprint density at radius 2 is 0.938 bits per heavy atom. The maximum absolute atomic E-state index is 12.8. The van der Waals surface area contributed by atoms with E-state index in [-0.39, 0.29) is 45.3 Å². The van der Waals surface area contributed by atoms with Gasteiger partial charge in [0.2, 0.25) is 0 Å². The quantitative estimate of drug-likeness (QED) is 0.142. The molecule has 0 heterocycles. The van der Waals surface area contributed by atoms with Gasteiger partial charge in [-0.2, -0.15) is 0 Å². The largest absolute Gasteiger partial charge is 0.508 e. The van der Waals surface area contributed by atoms with Gasteiger partial charge >= 0.3 is 6.16 Å². The van der Waals surface area contributed by atoms with Gasteiger partial charge in [0.15, 0.2) is 0 Å². The fraction of sp³-hybridized carbons (Fsp3) is 0.667. The number of nitrogens with zero attached hydrogens (tertiary/aromatic N) is 2. The molecule has 2 aromatic carbocycles. The average Bonchev–Trinajstić information content (AvgIpc) is 3.00. The number of aryl methyl sites for hydroxylation is 2. The van der Waals surface area contributed by atoms with Gasteiger partial charge in [0.05, 0.1) is 23.1 Å². The zero-order valence-corrected chi connectivity index (χ0v) is 28.3. The van der Waals surface area contributed by atoms with Gasteiger partial charge in [0.25, 0.3) is 11.4 Å². The van der Waals surface area contributed by atoms with Crippen LogP contribution in [0.15, 0.2) is 24.3 Å². The van der Waals surface area contributed by atoms with Gasteiger partial charge < -0.3 is 9.47 Å². The Morgan fingerprint density at radius 1 is 0.625 bits per heavy atom. The Hall–Kier alpha value is -3.49. The Morgan fingerprint density at radius 3 is 1.23 bits per heavy atom. The first-order valence-electron chi connectivity index (χ1n) is 18.4. The molecular formula is C39H48N2O7. The molecule has 0 amide bonds. The van der Waals surface area contributed by atoms with Crippen LogP contribution in [-0.2, 0) is 33.1 Å². The lowest BCUT2D eigenvalue weighted by molar-refractivity contribution is -0.385. The normalized spacial score (nSPS) is 34.0. The summed E-state index contributed by atoms with van der Waals surface area (Å²) in [5.41, 5.74) is 6.01. The summed E-state index contributed by atoms with van der Waals surface area (Å²) in [7, 11) is 0. The van der Waals surface area contributed by atoms with Crippen LogP contribution < -0.4 is 0 Å². The van der Waals surface area contributed by atoms with Crippen molar-refractivity contribution >= 4 is 17.5 Å². The minimum Gasteiger partial charge on any atom is -0.434 e. The van der Waals surface area contributed by atoms with Crippen LogP contribution >= 0.6 is 0 Å². The Bertz CT molecular complexity index is 1470. The first-order valence-corrected chi connectivity index (χ1v) is 18.4. The molecule has 0 aliphatic heterocycles. The molecule has 0 unspecified atom stereocenters. The van der Waals surface area contributed by atoms with Crippen LogP contribution in [0.1, 0.15) is 110 Å². The number of ether oxygens (including phenoxy) is 2. The molecule has 8 saturated carbocycles. The minimum atomic E-state index is -0.772. The van der Waals surface area contributed by atoms with Crippen LogP contribution in [0.25, 0.3) is 0 Å². The molecule has 0 atom stereocenters. The minimum absolute atomic E-state index is 0.0650. The van der Waals surface area contributed by atoms with Crippen molar-refractivity contribution in [3.63, 3.8) is 0 Å². The summed E-state index contributed by atoms with van der Waals surface area (Å²) in [5, 5.41) is 23.8. The van der Waals surface area contributed by atoms with E-state index in [4.69, 9.17) is 9.47 Å². The second kappa shape index (κ2) is 11.8. The van der Waals surface area contributed by atoms with Crippen LogP contribution in [-0.4, -0.2) is 29.2 Å². The second-order valence-electron chi connectivity index (χ2n) is 16.9. The molecule has 8 bridgehead atoms. The number of carbonyl (C=O) groups is 1. The summed E-state index contributed by atoms with van der Waals surface area (Å²) in [6.07, 6.45) is 14.8. The van der Waals surface area contributed by atoms with E-state index in [0.717, 1.165) is 85.2 Å². The molecular weight excluding hydrogens is 608 g/mol. The van der Waals surface area contributed by atoms with E-state index in [1.165, 1.54) is 49.7 Å². The van der Waals surface area contributed by atoms with Gasteiger partial charge in [-0.25, -0.2) is 4.79 Å². The highest BCUT2D eigenvalue weighted by Crippen LogP contribution is 2.62. The Kier molecular flexibility index (Phi) is 7.83. The molecule has 0 N–H and O–H groups in total. The van der Waals surface area contributed by atoms with E-state index in [0.29, 0.717) is 24.0 Å². The van der Waals surface area contributed by atoms with Crippen molar-refractivity contribution in [2.24, 2.45) is 35.5 Å². The first kappa shape index (κ1) is 31.8. The summed E-state index contributed by atoms with van der Waals surface area (Å²) < 4.78 is 11.1. The van der Waals surface area contributed by atoms with E-state index in [9.17, 15) is 25.0 Å². The molecule has 10 rings (SSSR count). The van der Waals surface area contributed by atoms with Crippen molar-refractivity contribution < 1.29 is 24.1 Å². The zero-order chi connectivity index (χ0) is 33.4. The molecule has 8 fully saturated rings. The molecule has 8 aliphatic rings. The lowest BCUT2D eigenvalue weighted by Gasteiger charge is -2.57. The smallest absolute Gasteiger partial charge is 0.434 e. The van der Waals surface area contributed by atoms with Gasteiger partial charge in [0, 0.05) is 36.1 Å². The molecule has 0 spiro atoms. The SMILES string of the molecule is Cc1cc(C23CC4CC(CC(C4)C2)C3)c(CCOC(=O)OCCc2cc([N+](=O)[O-])c(C)cc2C23CC4CC(CC(C4)C2)C3)cc1[N+](=O)[O-]. The third-order valence-corrected chi connectivity index (χ3v) is 13.6. The molecule has 0 radical (unpaired) electrons. The third-order valence-electron chi connectivity index (χ3n) is 13.6. The van der Waals surface area contributed by atoms with Crippen LogP contribution in [0, 0.1) is 69.6 Å². The van der Waals surface area contributed by atoms with Crippen molar-refractivity contribution in [3.8, 4) is 0 Å². The van der Waals surface area contributed by atoms with Gasteiger partial charge in [-0.3, -0.25) is 20.2 Å². The van der Waals surface area contributed by atoms with Gasteiger partial charge in [-0.15, -0.1) is 0 Å². The van der Waals surface area contributed by atoms with Crippen LogP contribution in [0.3, 0.4) is 0 Å². The highest BCUT2D eigenvalue weighted by atomic mass is 16.7. The fourth-order valence-corrected chi connectivity index (χ4v) is 12.7. The number of hydrogen-bond donors (Lipinski definition) is 0. The number of carbonyl (C=O) groups excluding carboxylic acids is 1. The molecule has 0 saturated heterocycles. The molecule has 9 heteroatoms. The molecule has 256 valence electrons. The van der Waals surface area contributed by atoms with E-state index < -0.39 is 6.16 Å². The van der Waals surface area contributed by atoms with Crippen molar-refractivity contribution in [2.75, 3.05) is 13.2 Å². The summed E-state index contributed by atoms with van der Waals surface area (Å²) >= 11 is 0. The van der Waals surface area contributed by atoms with E-state index >= 15 is 0 Å². The molecule has 48 heavy (non-hydrogen) atoms. The maximum Gasteiger partial charge on any atom is 0.508 e. The molecule has 0 aromatic heterocycles. The van der Waals surface area contributed by atoms with Gasteiger partial charge in [0.1, 0.15) is 0 Å². The van der Waals surface area contributed by atoms with E-state index in [2.05, 4.69) is 12.1 Å². The van der Waals surface area contributed by atoms with Gasteiger partial charge in [-0.05, 0) is 172 Å². The number of nitro benzene ring substituents is 2.